The zero-order valence-electron chi connectivity index (χ0n) is 7.05. The van der Waals surface area contributed by atoms with E-state index < -0.39 is 0 Å². The predicted octanol–water partition coefficient (Wildman–Crippen LogP) is 1.45. The summed E-state index contributed by atoms with van der Waals surface area (Å²) in [7, 11) is 2.01. The second-order valence-corrected chi connectivity index (χ2v) is 4.27. The Balaban J connectivity index is 2.25. The molecule has 66 valence electrons. The zero-order chi connectivity index (χ0) is 8.55. The van der Waals surface area contributed by atoms with Crippen LogP contribution in [0.15, 0.2) is 6.07 Å². The Morgan fingerprint density at radius 3 is 3.08 bits per heavy atom. The lowest BCUT2D eigenvalue weighted by molar-refractivity contribution is 0.573. The summed E-state index contributed by atoms with van der Waals surface area (Å²) in [5.74, 6) is 0. The van der Waals surface area contributed by atoms with Crippen molar-refractivity contribution in [3.8, 4) is 0 Å². The molecule has 0 spiro atoms. The topological polar surface area (TPSA) is 29.9 Å². The summed E-state index contributed by atoms with van der Waals surface area (Å²) < 4.78 is 3.06. The average Bonchev–Trinajstić information content (AvgIpc) is 2.58. The summed E-state index contributed by atoms with van der Waals surface area (Å²) >= 11 is 2.25. The van der Waals surface area contributed by atoms with Gasteiger partial charge in [0.15, 0.2) is 0 Å². The summed E-state index contributed by atoms with van der Waals surface area (Å²) in [6, 6.07) is 2.69. The van der Waals surface area contributed by atoms with Crippen LogP contribution in [0.2, 0.25) is 0 Å². The molecule has 1 fully saturated rings. The SMILES string of the molecule is Cn1nc(I)cc1C1CCCN1. The number of nitrogens with zero attached hydrogens (tertiary/aromatic N) is 2. The van der Waals surface area contributed by atoms with Crippen molar-refractivity contribution in [3.05, 3.63) is 15.5 Å². The third kappa shape index (κ3) is 1.50. The van der Waals surface area contributed by atoms with Crippen LogP contribution in [0.3, 0.4) is 0 Å². The molecule has 2 rings (SSSR count). The Kier molecular flexibility index (Phi) is 2.36. The Morgan fingerprint density at radius 2 is 2.58 bits per heavy atom. The van der Waals surface area contributed by atoms with Crippen LogP contribution in [-0.2, 0) is 7.05 Å². The maximum Gasteiger partial charge on any atom is 0.123 e. The van der Waals surface area contributed by atoms with Crippen molar-refractivity contribution in [1.29, 1.82) is 0 Å². The van der Waals surface area contributed by atoms with Gasteiger partial charge >= 0.3 is 0 Å². The molecule has 2 heterocycles. The number of hydrogen-bond donors (Lipinski definition) is 1. The van der Waals surface area contributed by atoms with Gasteiger partial charge in [0.1, 0.15) is 3.70 Å². The van der Waals surface area contributed by atoms with E-state index in [2.05, 4.69) is 39.1 Å². The van der Waals surface area contributed by atoms with Crippen LogP contribution in [0.5, 0.6) is 0 Å². The first kappa shape index (κ1) is 8.50. The average molecular weight is 277 g/mol. The summed E-state index contributed by atoms with van der Waals surface area (Å²) in [5, 5.41) is 7.78. The minimum absolute atomic E-state index is 0.533. The third-order valence-corrected chi connectivity index (χ3v) is 2.83. The van der Waals surface area contributed by atoms with Crippen LogP contribution in [0, 0.1) is 3.70 Å². The molecule has 0 aliphatic carbocycles. The van der Waals surface area contributed by atoms with Crippen molar-refractivity contribution in [2.45, 2.75) is 18.9 Å². The van der Waals surface area contributed by atoms with E-state index in [0.717, 1.165) is 10.2 Å². The molecular weight excluding hydrogens is 265 g/mol. The van der Waals surface area contributed by atoms with Gasteiger partial charge in [0.2, 0.25) is 0 Å². The summed E-state index contributed by atoms with van der Waals surface area (Å²) in [5.41, 5.74) is 1.32. The van der Waals surface area contributed by atoms with Gasteiger partial charge in [-0.25, -0.2) is 0 Å². The molecule has 0 radical (unpaired) electrons. The number of hydrogen-bond acceptors (Lipinski definition) is 2. The summed E-state index contributed by atoms with van der Waals surface area (Å²) in [6.45, 7) is 1.15. The van der Waals surface area contributed by atoms with Crippen molar-refractivity contribution in [1.82, 2.24) is 15.1 Å². The lowest BCUT2D eigenvalue weighted by Gasteiger charge is -2.09. The van der Waals surface area contributed by atoms with E-state index in [9.17, 15) is 0 Å². The van der Waals surface area contributed by atoms with E-state index in [-0.39, 0.29) is 0 Å². The maximum atomic E-state index is 4.32. The third-order valence-electron chi connectivity index (χ3n) is 2.30. The molecule has 0 amide bonds. The van der Waals surface area contributed by atoms with Crippen molar-refractivity contribution in [2.24, 2.45) is 7.05 Å². The molecule has 1 atom stereocenters. The van der Waals surface area contributed by atoms with Crippen LogP contribution >= 0.6 is 22.6 Å². The van der Waals surface area contributed by atoms with Gasteiger partial charge < -0.3 is 5.32 Å². The lowest BCUT2D eigenvalue weighted by atomic mass is 10.2. The van der Waals surface area contributed by atoms with Crippen molar-refractivity contribution in [3.63, 3.8) is 0 Å². The monoisotopic (exact) mass is 277 g/mol. The molecule has 0 saturated carbocycles. The van der Waals surface area contributed by atoms with Gasteiger partial charge in [-0.05, 0) is 48.0 Å². The van der Waals surface area contributed by atoms with Crippen LogP contribution in [0.1, 0.15) is 24.6 Å². The van der Waals surface area contributed by atoms with E-state index in [4.69, 9.17) is 0 Å². The summed E-state index contributed by atoms with van der Waals surface area (Å²) in [4.78, 5) is 0. The molecule has 1 aliphatic rings. The van der Waals surface area contributed by atoms with E-state index in [0.29, 0.717) is 6.04 Å². The first-order chi connectivity index (χ1) is 5.77. The highest BCUT2D eigenvalue weighted by Crippen LogP contribution is 2.23. The zero-order valence-corrected chi connectivity index (χ0v) is 9.21. The molecule has 12 heavy (non-hydrogen) atoms. The second kappa shape index (κ2) is 3.33. The normalized spacial score (nSPS) is 23.3. The van der Waals surface area contributed by atoms with Crippen molar-refractivity contribution >= 4 is 22.6 Å². The fourth-order valence-electron chi connectivity index (χ4n) is 1.71. The van der Waals surface area contributed by atoms with Gasteiger partial charge in [-0.15, -0.1) is 0 Å². The molecule has 1 aromatic heterocycles. The number of aromatic nitrogens is 2. The van der Waals surface area contributed by atoms with Crippen LogP contribution in [0.25, 0.3) is 0 Å². The predicted molar refractivity (Wildman–Crippen MR) is 55.9 cm³/mol. The number of halogens is 1. The van der Waals surface area contributed by atoms with Crippen LogP contribution in [0.4, 0.5) is 0 Å². The standard InChI is InChI=1S/C8H12IN3/c1-12-7(5-8(9)11-12)6-3-2-4-10-6/h5-6,10H,2-4H2,1H3. The number of nitrogens with one attached hydrogen (secondary N) is 1. The Bertz CT molecular complexity index is 276. The van der Waals surface area contributed by atoms with Crippen molar-refractivity contribution in [2.75, 3.05) is 6.54 Å². The van der Waals surface area contributed by atoms with Gasteiger partial charge in [-0.3, -0.25) is 4.68 Å². The van der Waals surface area contributed by atoms with Crippen molar-refractivity contribution < 1.29 is 0 Å². The highest BCUT2D eigenvalue weighted by molar-refractivity contribution is 14.1. The highest BCUT2D eigenvalue weighted by Gasteiger charge is 2.19. The molecule has 0 aromatic carbocycles. The van der Waals surface area contributed by atoms with E-state index >= 15 is 0 Å². The lowest BCUT2D eigenvalue weighted by Crippen LogP contribution is -2.16. The van der Waals surface area contributed by atoms with Gasteiger partial charge in [0.05, 0.1) is 5.69 Å². The molecule has 4 heteroatoms. The van der Waals surface area contributed by atoms with Gasteiger partial charge in [-0.2, -0.15) is 5.10 Å². The first-order valence-electron chi connectivity index (χ1n) is 4.20. The summed E-state index contributed by atoms with van der Waals surface area (Å²) in [6.07, 6.45) is 2.53. The molecular formula is C8H12IN3. The minimum atomic E-state index is 0.533. The Hall–Kier alpha value is -0.100. The Morgan fingerprint density at radius 1 is 1.75 bits per heavy atom. The molecule has 3 nitrogen and oxygen atoms in total. The van der Waals surface area contributed by atoms with Gasteiger partial charge in [0.25, 0.3) is 0 Å². The molecule has 0 bridgehead atoms. The van der Waals surface area contributed by atoms with E-state index in [1.54, 1.807) is 0 Å². The second-order valence-electron chi connectivity index (χ2n) is 3.16. The maximum absolute atomic E-state index is 4.32. The van der Waals surface area contributed by atoms with Gasteiger partial charge in [0, 0.05) is 13.1 Å². The molecule has 1 saturated heterocycles. The molecule has 1 unspecified atom stereocenters. The van der Waals surface area contributed by atoms with Crippen LogP contribution < -0.4 is 5.32 Å². The number of rotatable bonds is 1. The molecule has 1 aliphatic heterocycles. The quantitative estimate of drug-likeness (QED) is 0.787. The Labute approximate surface area is 85.7 Å². The smallest absolute Gasteiger partial charge is 0.123 e. The van der Waals surface area contributed by atoms with E-state index in [1.807, 2.05) is 11.7 Å². The molecule has 1 aromatic rings. The number of aryl methyl sites for hydroxylation is 1. The first-order valence-corrected chi connectivity index (χ1v) is 5.28. The van der Waals surface area contributed by atoms with Gasteiger partial charge in [-0.1, -0.05) is 0 Å². The largest absolute Gasteiger partial charge is 0.309 e. The fraction of sp³-hybridized carbons (Fsp3) is 0.625. The minimum Gasteiger partial charge on any atom is -0.309 e. The fourth-order valence-corrected chi connectivity index (χ4v) is 2.35. The van der Waals surface area contributed by atoms with E-state index in [1.165, 1.54) is 18.5 Å². The highest BCUT2D eigenvalue weighted by atomic mass is 127. The molecule has 1 N–H and O–H groups in total. The van der Waals surface area contributed by atoms with Crippen LogP contribution in [-0.4, -0.2) is 16.3 Å².